The number of nitrogens with one attached hydrogen (secondary N) is 1. The number of hydrogen-bond acceptors (Lipinski definition) is 5. The number of phenols is 1. The SMILES string of the molecule is CCN(CC)c1ccc(C2NN=C(c3ccccc3O)S2)cc1. The third-order valence-electron chi connectivity index (χ3n) is 3.97. The number of nitrogens with zero attached hydrogens (tertiary/aromatic N) is 2. The van der Waals surface area contributed by atoms with E-state index in [0.29, 0.717) is 0 Å². The number of phenolic OH excluding ortho intramolecular Hbond substituents is 1. The van der Waals surface area contributed by atoms with E-state index >= 15 is 0 Å². The van der Waals surface area contributed by atoms with Crippen molar-refractivity contribution in [3.8, 4) is 5.75 Å². The Balaban J connectivity index is 1.72. The molecule has 2 aromatic rings. The Morgan fingerprint density at radius 2 is 1.78 bits per heavy atom. The highest BCUT2D eigenvalue weighted by molar-refractivity contribution is 8.14. The van der Waals surface area contributed by atoms with Crippen LogP contribution in [0, 0.1) is 0 Å². The van der Waals surface area contributed by atoms with Crippen LogP contribution in [0.1, 0.15) is 30.3 Å². The van der Waals surface area contributed by atoms with Gasteiger partial charge in [0.1, 0.15) is 16.2 Å². The van der Waals surface area contributed by atoms with Crippen molar-refractivity contribution in [2.24, 2.45) is 5.10 Å². The monoisotopic (exact) mass is 327 g/mol. The van der Waals surface area contributed by atoms with Crippen molar-refractivity contribution in [2.45, 2.75) is 19.2 Å². The summed E-state index contributed by atoms with van der Waals surface area (Å²) in [7, 11) is 0. The van der Waals surface area contributed by atoms with Gasteiger partial charge in [-0.1, -0.05) is 36.0 Å². The standard InChI is InChI=1S/C18H21N3OS/c1-3-21(4-2)14-11-9-13(10-12-14)17-19-20-18(23-17)15-7-5-6-8-16(15)22/h5-12,17,19,22H,3-4H2,1-2H3. The second-order valence-electron chi connectivity index (χ2n) is 5.32. The van der Waals surface area contributed by atoms with E-state index in [-0.39, 0.29) is 11.1 Å². The minimum atomic E-state index is 0.0790. The van der Waals surface area contributed by atoms with E-state index in [9.17, 15) is 5.11 Å². The molecule has 0 spiro atoms. The molecule has 0 amide bonds. The van der Waals surface area contributed by atoms with Gasteiger partial charge in [-0.05, 0) is 43.7 Å². The van der Waals surface area contributed by atoms with Crippen LogP contribution in [0.15, 0.2) is 53.6 Å². The Bertz CT molecular complexity index is 696. The number of hydrogen-bond donors (Lipinski definition) is 2. The molecule has 23 heavy (non-hydrogen) atoms. The minimum absolute atomic E-state index is 0.0790. The highest BCUT2D eigenvalue weighted by Crippen LogP contribution is 2.36. The van der Waals surface area contributed by atoms with Crippen LogP contribution in [0.2, 0.25) is 0 Å². The molecule has 3 rings (SSSR count). The van der Waals surface area contributed by atoms with Gasteiger partial charge < -0.3 is 10.0 Å². The fourth-order valence-electron chi connectivity index (χ4n) is 2.65. The van der Waals surface area contributed by atoms with Crippen LogP contribution < -0.4 is 10.3 Å². The number of para-hydroxylation sites is 1. The number of anilines is 1. The summed E-state index contributed by atoms with van der Waals surface area (Å²) < 4.78 is 0. The fraction of sp³-hybridized carbons (Fsp3) is 0.278. The molecule has 4 nitrogen and oxygen atoms in total. The molecule has 1 aliphatic rings. The maximum atomic E-state index is 9.95. The number of hydrazone groups is 1. The van der Waals surface area contributed by atoms with Gasteiger partial charge in [0.25, 0.3) is 0 Å². The number of aromatic hydroxyl groups is 1. The van der Waals surface area contributed by atoms with Crippen LogP contribution in [0.25, 0.3) is 0 Å². The average Bonchev–Trinajstić information content (AvgIpc) is 3.07. The number of thioether (sulfide) groups is 1. The molecular weight excluding hydrogens is 306 g/mol. The zero-order valence-corrected chi connectivity index (χ0v) is 14.2. The maximum absolute atomic E-state index is 9.95. The Hall–Kier alpha value is -2.14. The quantitative estimate of drug-likeness (QED) is 0.873. The van der Waals surface area contributed by atoms with Crippen molar-refractivity contribution < 1.29 is 5.11 Å². The molecule has 0 fully saturated rings. The molecule has 0 radical (unpaired) electrons. The third kappa shape index (κ3) is 3.29. The van der Waals surface area contributed by atoms with E-state index < -0.39 is 0 Å². The molecule has 1 aliphatic heterocycles. The van der Waals surface area contributed by atoms with E-state index in [1.807, 2.05) is 18.2 Å². The van der Waals surface area contributed by atoms with Crippen molar-refractivity contribution >= 4 is 22.5 Å². The lowest BCUT2D eigenvalue weighted by molar-refractivity contribution is 0.474. The van der Waals surface area contributed by atoms with Crippen LogP contribution in [0.4, 0.5) is 5.69 Å². The second-order valence-corrected chi connectivity index (χ2v) is 6.42. The molecule has 0 aliphatic carbocycles. The van der Waals surface area contributed by atoms with Crippen LogP contribution >= 0.6 is 11.8 Å². The van der Waals surface area contributed by atoms with Crippen LogP contribution in [-0.4, -0.2) is 23.2 Å². The molecule has 2 N–H and O–H groups in total. The summed E-state index contributed by atoms with van der Waals surface area (Å²) >= 11 is 1.62. The Kier molecular flexibility index (Phi) is 4.76. The van der Waals surface area contributed by atoms with E-state index in [1.54, 1.807) is 17.8 Å². The first-order valence-corrected chi connectivity index (χ1v) is 8.74. The second kappa shape index (κ2) is 6.96. The third-order valence-corrected chi connectivity index (χ3v) is 5.12. The highest BCUT2D eigenvalue weighted by atomic mass is 32.2. The molecule has 0 saturated carbocycles. The molecule has 1 unspecified atom stereocenters. The molecule has 5 heteroatoms. The van der Waals surface area contributed by atoms with Gasteiger partial charge in [0, 0.05) is 18.8 Å². The highest BCUT2D eigenvalue weighted by Gasteiger charge is 2.23. The van der Waals surface area contributed by atoms with E-state index in [2.05, 4.69) is 53.5 Å². The molecule has 0 bridgehead atoms. The summed E-state index contributed by atoms with van der Waals surface area (Å²) in [6.45, 7) is 6.34. The lowest BCUT2D eigenvalue weighted by atomic mass is 10.2. The fourth-order valence-corrected chi connectivity index (χ4v) is 3.68. The van der Waals surface area contributed by atoms with Gasteiger partial charge in [0.2, 0.25) is 0 Å². The lowest BCUT2D eigenvalue weighted by Gasteiger charge is -2.21. The van der Waals surface area contributed by atoms with Gasteiger partial charge in [-0.25, -0.2) is 0 Å². The van der Waals surface area contributed by atoms with E-state index in [0.717, 1.165) is 23.7 Å². The van der Waals surface area contributed by atoms with Crippen molar-refractivity contribution in [3.05, 3.63) is 59.7 Å². The molecule has 0 saturated heterocycles. The van der Waals surface area contributed by atoms with Crippen LogP contribution in [-0.2, 0) is 0 Å². The predicted octanol–water partition coefficient (Wildman–Crippen LogP) is 3.94. The molecule has 120 valence electrons. The van der Waals surface area contributed by atoms with E-state index in [4.69, 9.17) is 0 Å². The molecule has 0 aromatic heterocycles. The zero-order chi connectivity index (χ0) is 16.2. The van der Waals surface area contributed by atoms with Gasteiger partial charge in [0.15, 0.2) is 0 Å². The first kappa shape index (κ1) is 15.7. The number of benzene rings is 2. The molecule has 1 atom stereocenters. The first-order chi connectivity index (χ1) is 11.2. The topological polar surface area (TPSA) is 47.9 Å². The van der Waals surface area contributed by atoms with Crippen LogP contribution in [0.5, 0.6) is 5.75 Å². The van der Waals surface area contributed by atoms with Crippen molar-refractivity contribution in [1.29, 1.82) is 0 Å². The molecule has 2 aromatic carbocycles. The average molecular weight is 327 g/mol. The van der Waals surface area contributed by atoms with Gasteiger partial charge in [-0.3, -0.25) is 5.43 Å². The summed E-state index contributed by atoms with van der Waals surface area (Å²) in [6.07, 6.45) is 0. The maximum Gasteiger partial charge on any atom is 0.129 e. The zero-order valence-electron chi connectivity index (χ0n) is 13.4. The van der Waals surface area contributed by atoms with Crippen molar-refractivity contribution in [2.75, 3.05) is 18.0 Å². The Morgan fingerprint density at radius 1 is 1.09 bits per heavy atom. The van der Waals surface area contributed by atoms with Gasteiger partial charge in [0.05, 0.1) is 5.56 Å². The minimum Gasteiger partial charge on any atom is -0.507 e. The normalized spacial score (nSPS) is 16.8. The Labute approximate surface area is 141 Å². The van der Waals surface area contributed by atoms with Crippen molar-refractivity contribution in [3.63, 3.8) is 0 Å². The Morgan fingerprint density at radius 3 is 2.43 bits per heavy atom. The number of rotatable bonds is 5. The summed E-state index contributed by atoms with van der Waals surface area (Å²) in [5, 5.41) is 15.2. The summed E-state index contributed by atoms with van der Waals surface area (Å²) in [6, 6.07) is 15.9. The molecule has 1 heterocycles. The van der Waals surface area contributed by atoms with Gasteiger partial charge in [-0.15, -0.1) is 0 Å². The summed E-state index contributed by atoms with van der Waals surface area (Å²) in [5.41, 5.74) is 6.34. The summed E-state index contributed by atoms with van der Waals surface area (Å²) in [5.74, 6) is 0.262. The van der Waals surface area contributed by atoms with Crippen LogP contribution in [0.3, 0.4) is 0 Å². The smallest absolute Gasteiger partial charge is 0.129 e. The van der Waals surface area contributed by atoms with Gasteiger partial charge >= 0.3 is 0 Å². The largest absolute Gasteiger partial charge is 0.507 e. The van der Waals surface area contributed by atoms with Crippen molar-refractivity contribution in [1.82, 2.24) is 5.43 Å². The molecular formula is C18H21N3OS. The predicted molar refractivity (Wildman–Crippen MR) is 98.1 cm³/mol. The van der Waals surface area contributed by atoms with E-state index in [1.165, 1.54) is 11.3 Å². The first-order valence-electron chi connectivity index (χ1n) is 7.86. The van der Waals surface area contributed by atoms with Gasteiger partial charge in [-0.2, -0.15) is 5.10 Å². The lowest BCUT2D eigenvalue weighted by Crippen LogP contribution is -2.21. The summed E-state index contributed by atoms with van der Waals surface area (Å²) in [4.78, 5) is 2.32.